The summed E-state index contributed by atoms with van der Waals surface area (Å²) in [4.78, 5) is 4.35. The van der Waals surface area contributed by atoms with Crippen LogP contribution in [0.15, 0.2) is 42.5 Å². The molecule has 0 fully saturated rings. The van der Waals surface area contributed by atoms with Crippen LogP contribution in [0.4, 0.5) is 0 Å². The van der Waals surface area contributed by atoms with E-state index >= 15 is 0 Å². The molecule has 1 N–H and O–H groups in total. The first-order valence-corrected chi connectivity index (χ1v) is 7.13. The quantitative estimate of drug-likeness (QED) is 0.849. The summed E-state index contributed by atoms with van der Waals surface area (Å²) in [6.45, 7) is 5.47. The van der Waals surface area contributed by atoms with Crippen molar-refractivity contribution < 1.29 is 9.47 Å². The van der Waals surface area contributed by atoms with Crippen molar-refractivity contribution in [1.82, 2.24) is 10.3 Å². The second kappa shape index (κ2) is 7.64. The highest BCUT2D eigenvalue weighted by Crippen LogP contribution is 2.19. The van der Waals surface area contributed by atoms with E-state index < -0.39 is 0 Å². The van der Waals surface area contributed by atoms with E-state index in [0.717, 1.165) is 23.6 Å². The normalized spacial score (nSPS) is 10.7. The van der Waals surface area contributed by atoms with E-state index in [-0.39, 0.29) is 0 Å². The molecule has 0 unspecified atom stereocenters. The predicted molar refractivity (Wildman–Crippen MR) is 83.5 cm³/mol. The van der Waals surface area contributed by atoms with Crippen LogP contribution in [0.1, 0.15) is 25.1 Å². The highest BCUT2D eigenvalue weighted by molar-refractivity contribution is 5.33. The van der Waals surface area contributed by atoms with E-state index in [1.54, 1.807) is 7.11 Å². The number of hydrogen-bond donors (Lipinski definition) is 1. The third-order valence-corrected chi connectivity index (χ3v) is 3.04. The number of methoxy groups -OCH3 is 1. The number of pyridine rings is 1. The van der Waals surface area contributed by atoms with Crippen LogP contribution in [0.3, 0.4) is 0 Å². The highest BCUT2D eigenvalue weighted by Gasteiger charge is 2.05. The molecular weight excluding hydrogens is 264 g/mol. The lowest BCUT2D eigenvalue weighted by Crippen LogP contribution is -2.22. The van der Waals surface area contributed by atoms with Gasteiger partial charge < -0.3 is 14.8 Å². The molecule has 0 saturated carbocycles. The van der Waals surface area contributed by atoms with Crippen LogP contribution in [0.2, 0.25) is 0 Å². The molecular formula is C17H22N2O2. The minimum Gasteiger partial charge on any atom is -0.487 e. The fourth-order valence-electron chi connectivity index (χ4n) is 1.91. The first kappa shape index (κ1) is 15.3. The van der Waals surface area contributed by atoms with Crippen molar-refractivity contribution in [2.24, 2.45) is 0 Å². The summed E-state index contributed by atoms with van der Waals surface area (Å²) < 4.78 is 11.0. The first-order valence-electron chi connectivity index (χ1n) is 7.13. The molecule has 0 amide bonds. The Hall–Kier alpha value is -2.07. The molecule has 0 aliphatic heterocycles. The summed E-state index contributed by atoms with van der Waals surface area (Å²) in [5, 5.41) is 3.40. The van der Waals surface area contributed by atoms with Gasteiger partial charge >= 0.3 is 0 Å². The Labute approximate surface area is 126 Å². The summed E-state index contributed by atoms with van der Waals surface area (Å²) in [6.07, 6.45) is 0. The number of aromatic nitrogens is 1. The predicted octanol–water partition coefficient (Wildman–Crippen LogP) is 3.17. The number of nitrogens with zero attached hydrogens (tertiary/aromatic N) is 1. The average Bonchev–Trinajstić information content (AvgIpc) is 2.52. The Bertz CT molecular complexity index is 570. The number of para-hydroxylation sites is 1. The monoisotopic (exact) mass is 286 g/mol. The van der Waals surface area contributed by atoms with Gasteiger partial charge in [0.05, 0.1) is 12.8 Å². The van der Waals surface area contributed by atoms with Crippen LogP contribution in [-0.4, -0.2) is 18.1 Å². The Kier molecular flexibility index (Phi) is 5.58. The van der Waals surface area contributed by atoms with Crippen molar-refractivity contribution >= 4 is 0 Å². The van der Waals surface area contributed by atoms with Gasteiger partial charge in [-0.25, -0.2) is 4.98 Å². The van der Waals surface area contributed by atoms with E-state index in [9.17, 15) is 0 Å². The second-order valence-electron chi connectivity index (χ2n) is 5.10. The second-order valence-corrected chi connectivity index (χ2v) is 5.10. The van der Waals surface area contributed by atoms with Gasteiger partial charge in [0.15, 0.2) is 0 Å². The Morgan fingerprint density at radius 2 is 1.90 bits per heavy atom. The maximum Gasteiger partial charge on any atom is 0.213 e. The molecule has 0 atom stereocenters. The van der Waals surface area contributed by atoms with Crippen molar-refractivity contribution in [2.75, 3.05) is 7.11 Å². The van der Waals surface area contributed by atoms with Crippen LogP contribution in [0, 0.1) is 0 Å². The van der Waals surface area contributed by atoms with Gasteiger partial charge in [-0.2, -0.15) is 0 Å². The molecule has 0 radical (unpaired) electrons. The van der Waals surface area contributed by atoms with Gasteiger partial charge in [0, 0.05) is 24.2 Å². The summed E-state index contributed by atoms with van der Waals surface area (Å²) in [6, 6.07) is 14.2. The maximum absolute atomic E-state index is 5.90. The molecule has 1 aromatic carbocycles. The molecule has 4 heteroatoms. The van der Waals surface area contributed by atoms with Crippen molar-refractivity contribution in [1.29, 1.82) is 0 Å². The molecule has 1 heterocycles. The largest absolute Gasteiger partial charge is 0.487 e. The highest BCUT2D eigenvalue weighted by atomic mass is 16.5. The zero-order chi connectivity index (χ0) is 15.1. The van der Waals surface area contributed by atoms with Crippen molar-refractivity contribution in [2.45, 2.75) is 33.0 Å². The third-order valence-electron chi connectivity index (χ3n) is 3.04. The summed E-state index contributed by atoms with van der Waals surface area (Å²) in [5.41, 5.74) is 2.00. The summed E-state index contributed by atoms with van der Waals surface area (Å²) >= 11 is 0. The van der Waals surface area contributed by atoms with Crippen LogP contribution in [0.5, 0.6) is 11.6 Å². The SMILES string of the molecule is COc1cccc(COc2ccccc2CNC(C)C)n1. The van der Waals surface area contributed by atoms with E-state index in [0.29, 0.717) is 18.5 Å². The van der Waals surface area contributed by atoms with Gasteiger partial charge in [-0.05, 0) is 12.1 Å². The molecule has 0 aliphatic carbocycles. The van der Waals surface area contributed by atoms with Gasteiger partial charge in [0.25, 0.3) is 0 Å². The average molecular weight is 286 g/mol. The van der Waals surface area contributed by atoms with Gasteiger partial charge in [-0.1, -0.05) is 38.1 Å². The van der Waals surface area contributed by atoms with E-state index in [1.807, 2.05) is 36.4 Å². The van der Waals surface area contributed by atoms with Gasteiger partial charge in [0.2, 0.25) is 5.88 Å². The zero-order valence-electron chi connectivity index (χ0n) is 12.8. The van der Waals surface area contributed by atoms with Crippen molar-refractivity contribution in [3.63, 3.8) is 0 Å². The Morgan fingerprint density at radius 3 is 2.67 bits per heavy atom. The Morgan fingerprint density at radius 1 is 1.10 bits per heavy atom. The van der Waals surface area contributed by atoms with Crippen LogP contribution in [0.25, 0.3) is 0 Å². The molecule has 2 aromatic rings. The van der Waals surface area contributed by atoms with Crippen LogP contribution in [-0.2, 0) is 13.2 Å². The summed E-state index contributed by atoms with van der Waals surface area (Å²) in [5.74, 6) is 1.49. The topological polar surface area (TPSA) is 43.4 Å². The summed E-state index contributed by atoms with van der Waals surface area (Å²) in [7, 11) is 1.61. The molecule has 21 heavy (non-hydrogen) atoms. The molecule has 0 aliphatic rings. The standard InChI is InChI=1S/C17H22N2O2/c1-13(2)18-11-14-7-4-5-9-16(14)21-12-15-8-6-10-17(19-15)20-3/h4-10,13,18H,11-12H2,1-3H3. The Balaban J connectivity index is 2.02. The fourth-order valence-corrected chi connectivity index (χ4v) is 1.91. The molecule has 0 saturated heterocycles. The van der Waals surface area contributed by atoms with E-state index in [1.165, 1.54) is 0 Å². The minimum absolute atomic E-state index is 0.426. The first-order chi connectivity index (χ1) is 10.2. The van der Waals surface area contributed by atoms with E-state index in [2.05, 4.69) is 30.2 Å². The number of nitrogens with one attached hydrogen (secondary N) is 1. The molecule has 0 bridgehead atoms. The lowest BCUT2D eigenvalue weighted by molar-refractivity contribution is 0.294. The van der Waals surface area contributed by atoms with Gasteiger partial charge in [-0.15, -0.1) is 0 Å². The molecule has 112 valence electrons. The molecule has 2 rings (SSSR count). The number of rotatable bonds is 7. The molecule has 1 aromatic heterocycles. The molecule has 4 nitrogen and oxygen atoms in total. The van der Waals surface area contributed by atoms with Gasteiger partial charge in [0.1, 0.15) is 12.4 Å². The van der Waals surface area contributed by atoms with Crippen molar-refractivity contribution in [3.8, 4) is 11.6 Å². The number of benzene rings is 1. The molecule has 0 spiro atoms. The number of hydrogen-bond acceptors (Lipinski definition) is 4. The van der Waals surface area contributed by atoms with Crippen LogP contribution >= 0.6 is 0 Å². The number of ether oxygens (including phenoxy) is 2. The van der Waals surface area contributed by atoms with Crippen molar-refractivity contribution in [3.05, 3.63) is 53.7 Å². The fraction of sp³-hybridized carbons (Fsp3) is 0.353. The van der Waals surface area contributed by atoms with E-state index in [4.69, 9.17) is 9.47 Å². The van der Waals surface area contributed by atoms with Crippen LogP contribution < -0.4 is 14.8 Å². The zero-order valence-corrected chi connectivity index (χ0v) is 12.8. The lowest BCUT2D eigenvalue weighted by atomic mass is 10.2. The minimum atomic E-state index is 0.426. The maximum atomic E-state index is 5.90. The lowest BCUT2D eigenvalue weighted by Gasteiger charge is -2.13. The smallest absolute Gasteiger partial charge is 0.213 e. The van der Waals surface area contributed by atoms with Gasteiger partial charge in [-0.3, -0.25) is 0 Å². The third kappa shape index (κ3) is 4.76.